The van der Waals surface area contributed by atoms with Crippen LogP contribution in [0.5, 0.6) is 5.75 Å². The lowest BCUT2D eigenvalue weighted by Gasteiger charge is -2.34. The fourth-order valence-corrected chi connectivity index (χ4v) is 6.05. The highest BCUT2D eigenvalue weighted by molar-refractivity contribution is 7.92. The fraction of sp³-hybridized carbons (Fsp3) is 0.375. The molecule has 2 amide bonds. The Labute approximate surface area is 254 Å². The van der Waals surface area contributed by atoms with Crippen LogP contribution in [-0.4, -0.2) is 50.9 Å². The number of carbonyl (C=O) groups is 2. The normalized spacial score (nSPS) is 12.1. The molecule has 1 atom stereocenters. The quantitative estimate of drug-likeness (QED) is 0.247. The van der Waals surface area contributed by atoms with Crippen LogP contribution >= 0.6 is 11.6 Å². The predicted octanol–water partition coefficient (Wildman–Crippen LogP) is 5.82. The molecule has 0 saturated carbocycles. The predicted molar refractivity (Wildman–Crippen MR) is 167 cm³/mol. The summed E-state index contributed by atoms with van der Waals surface area (Å²) in [5, 5.41) is 3.33. The average Bonchev–Trinajstić information content (AvgIpc) is 2.96. The van der Waals surface area contributed by atoms with Gasteiger partial charge in [-0.3, -0.25) is 13.9 Å². The molecule has 226 valence electrons. The Bertz CT molecular complexity index is 1460. The smallest absolute Gasteiger partial charge is 0.264 e. The lowest BCUT2D eigenvalue weighted by molar-refractivity contribution is -0.140. The summed E-state index contributed by atoms with van der Waals surface area (Å²) >= 11 is 6.04. The van der Waals surface area contributed by atoms with E-state index in [0.29, 0.717) is 30.3 Å². The van der Waals surface area contributed by atoms with E-state index in [0.717, 1.165) is 15.4 Å². The molecule has 1 N–H and O–H groups in total. The van der Waals surface area contributed by atoms with E-state index in [4.69, 9.17) is 16.3 Å². The van der Waals surface area contributed by atoms with Crippen molar-refractivity contribution in [2.24, 2.45) is 5.92 Å². The number of amides is 2. The van der Waals surface area contributed by atoms with Crippen LogP contribution in [0.2, 0.25) is 5.02 Å². The van der Waals surface area contributed by atoms with E-state index in [1.807, 2.05) is 52.0 Å². The molecule has 0 radical (unpaired) electrons. The molecular weight excluding hydrogens is 574 g/mol. The van der Waals surface area contributed by atoms with Gasteiger partial charge < -0.3 is 15.0 Å². The molecule has 0 bridgehead atoms. The van der Waals surface area contributed by atoms with Crippen LogP contribution in [0.1, 0.15) is 45.2 Å². The van der Waals surface area contributed by atoms with E-state index < -0.39 is 28.5 Å². The molecular formula is C32H40ClN3O5S. The Balaban J connectivity index is 2.11. The number of halogens is 1. The van der Waals surface area contributed by atoms with Crippen molar-refractivity contribution in [2.45, 2.75) is 58.5 Å². The van der Waals surface area contributed by atoms with Gasteiger partial charge in [0.1, 0.15) is 18.3 Å². The number of para-hydroxylation sites is 2. The molecule has 3 rings (SSSR count). The first kappa shape index (κ1) is 32.9. The van der Waals surface area contributed by atoms with Crippen molar-refractivity contribution in [1.82, 2.24) is 10.2 Å². The average molecular weight is 614 g/mol. The number of carbonyl (C=O) groups excluding carboxylic acids is 2. The maximum absolute atomic E-state index is 14.3. The minimum atomic E-state index is -4.25. The van der Waals surface area contributed by atoms with Gasteiger partial charge in [-0.25, -0.2) is 8.42 Å². The molecule has 0 aliphatic heterocycles. The number of hydrogen-bond donors (Lipinski definition) is 1. The molecule has 0 unspecified atom stereocenters. The van der Waals surface area contributed by atoms with Gasteiger partial charge in [-0.05, 0) is 73.7 Å². The first-order valence-electron chi connectivity index (χ1n) is 14.1. The Kier molecular flexibility index (Phi) is 11.8. The van der Waals surface area contributed by atoms with Crippen molar-refractivity contribution in [3.8, 4) is 5.75 Å². The van der Waals surface area contributed by atoms with E-state index in [2.05, 4.69) is 5.32 Å². The summed E-state index contributed by atoms with van der Waals surface area (Å²) in [5.74, 6) is -0.261. The molecule has 3 aromatic rings. The van der Waals surface area contributed by atoms with Crippen LogP contribution in [0, 0.1) is 12.8 Å². The van der Waals surface area contributed by atoms with Crippen molar-refractivity contribution in [3.05, 3.63) is 88.9 Å². The monoisotopic (exact) mass is 613 g/mol. The molecule has 3 aromatic carbocycles. The number of anilines is 1. The van der Waals surface area contributed by atoms with Crippen LogP contribution in [0.25, 0.3) is 0 Å². The highest BCUT2D eigenvalue weighted by atomic mass is 35.5. The Morgan fingerprint density at radius 2 is 1.60 bits per heavy atom. The van der Waals surface area contributed by atoms with Crippen LogP contribution in [0.3, 0.4) is 0 Å². The Hall–Kier alpha value is -3.56. The van der Waals surface area contributed by atoms with Gasteiger partial charge >= 0.3 is 0 Å². The van der Waals surface area contributed by atoms with Gasteiger partial charge in [-0.2, -0.15) is 0 Å². The summed E-state index contributed by atoms with van der Waals surface area (Å²) in [6.07, 6.45) is 0.348. The van der Waals surface area contributed by atoms with Gasteiger partial charge in [0.25, 0.3) is 10.0 Å². The van der Waals surface area contributed by atoms with E-state index >= 15 is 0 Å². The number of benzene rings is 3. The molecule has 0 heterocycles. The molecule has 10 heteroatoms. The highest BCUT2D eigenvalue weighted by Crippen LogP contribution is 2.33. The first-order chi connectivity index (χ1) is 20.0. The van der Waals surface area contributed by atoms with Gasteiger partial charge in [0.15, 0.2) is 0 Å². The maximum atomic E-state index is 14.3. The number of ether oxygens (including phenoxy) is 1. The van der Waals surface area contributed by atoms with Crippen molar-refractivity contribution in [2.75, 3.05) is 24.0 Å². The van der Waals surface area contributed by atoms with Gasteiger partial charge in [0.05, 0.1) is 17.2 Å². The van der Waals surface area contributed by atoms with Crippen molar-refractivity contribution in [3.63, 3.8) is 0 Å². The summed E-state index contributed by atoms with van der Waals surface area (Å²) in [7, 11) is -4.25. The van der Waals surface area contributed by atoms with Crippen molar-refractivity contribution < 1.29 is 22.7 Å². The van der Waals surface area contributed by atoms with Crippen LogP contribution < -0.4 is 14.4 Å². The molecule has 0 aliphatic carbocycles. The number of nitrogens with zero attached hydrogens (tertiary/aromatic N) is 2. The van der Waals surface area contributed by atoms with E-state index in [1.165, 1.54) is 29.2 Å². The van der Waals surface area contributed by atoms with Gasteiger partial charge in [0, 0.05) is 18.1 Å². The molecule has 0 aromatic heterocycles. The summed E-state index contributed by atoms with van der Waals surface area (Å²) < 4.78 is 35.0. The molecule has 0 fully saturated rings. The SMILES string of the molecule is CCOc1ccccc1N(CC(=O)N(Cc1ccccc1C)[C@@H](CC)C(=O)NCC(C)C)S(=O)(=O)c1ccc(Cl)cc1. The van der Waals surface area contributed by atoms with Gasteiger partial charge in [0.2, 0.25) is 11.8 Å². The van der Waals surface area contributed by atoms with Crippen LogP contribution in [0.4, 0.5) is 5.69 Å². The second-order valence-electron chi connectivity index (χ2n) is 10.4. The Morgan fingerprint density at radius 1 is 0.952 bits per heavy atom. The molecule has 0 spiro atoms. The van der Waals surface area contributed by atoms with E-state index in [-0.39, 0.29) is 29.0 Å². The fourth-order valence-electron chi connectivity index (χ4n) is 4.50. The molecule has 42 heavy (non-hydrogen) atoms. The largest absolute Gasteiger partial charge is 0.492 e. The third-order valence-electron chi connectivity index (χ3n) is 6.79. The second kappa shape index (κ2) is 15.1. The summed E-state index contributed by atoms with van der Waals surface area (Å²) in [6, 6.07) is 19.3. The van der Waals surface area contributed by atoms with Crippen molar-refractivity contribution >= 4 is 39.1 Å². The Morgan fingerprint density at radius 3 is 2.21 bits per heavy atom. The standard InChI is InChI=1S/C32H40ClN3O5S/c1-6-28(32(38)34-20-23(3)4)35(21-25-13-9-8-12-24(25)5)31(37)22-36(29-14-10-11-15-30(29)41-7-2)42(39,40)27-18-16-26(33)17-19-27/h8-19,23,28H,6-7,20-22H2,1-5H3,(H,34,38)/t28-/m0/s1. The lowest BCUT2D eigenvalue weighted by Crippen LogP contribution is -2.52. The first-order valence-corrected chi connectivity index (χ1v) is 15.9. The minimum absolute atomic E-state index is 0.0295. The third-order valence-corrected chi connectivity index (χ3v) is 8.81. The summed E-state index contributed by atoms with van der Waals surface area (Å²) in [5.41, 5.74) is 2.04. The minimum Gasteiger partial charge on any atom is -0.492 e. The zero-order valence-corrected chi connectivity index (χ0v) is 26.4. The third kappa shape index (κ3) is 8.26. The molecule has 0 saturated heterocycles. The van der Waals surface area contributed by atoms with Crippen LogP contribution in [-0.2, 0) is 26.2 Å². The summed E-state index contributed by atoms with van der Waals surface area (Å²) in [6.45, 7) is 9.91. The molecule has 0 aliphatic rings. The number of rotatable bonds is 14. The topological polar surface area (TPSA) is 96.0 Å². The number of hydrogen-bond acceptors (Lipinski definition) is 5. The number of sulfonamides is 1. The van der Waals surface area contributed by atoms with Crippen LogP contribution in [0.15, 0.2) is 77.7 Å². The van der Waals surface area contributed by atoms with Crippen molar-refractivity contribution in [1.29, 1.82) is 0 Å². The lowest BCUT2D eigenvalue weighted by atomic mass is 10.1. The van der Waals surface area contributed by atoms with E-state index in [9.17, 15) is 18.0 Å². The molecule has 8 nitrogen and oxygen atoms in total. The number of nitrogens with one attached hydrogen (secondary N) is 1. The van der Waals surface area contributed by atoms with Gasteiger partial charge in [-0.15, -0.1) is 0 Å². The highest BCUT2D eigenvalue weighted by Gasteiger charge is 2.35. The number of aryl methyl sites for hydroxylation is 1. The zero-order chi connectivity index (χ0) is 30.9. The zero-order valence-electron chi connectivity index (χ0n) is 24.8. The summed E-state index contributed by atoms with van der Waals surface area (Å²) in [4.78, 5) is 29.1. The van der Waals surface area contributed by atoms with Gasteiger partial charge in [-0.1, -0.05) is 68.8 Å². The maximum Gasteiger partial charge on any atom is 0.264 e. The second-order valence-corrected chi connectivity index (χ2v) is 12.7. The van der Waals surface area contributed by atoms with E-state index in [1.54, 1.807) is 31.2 Å².